The van der Waals surface area contributed by atoms with Crippen molar-refractivity contribution in [2.75, 3.05) is 32.8 Å². The first-order valence-electron chi connectivity index (χ1n) is 7.65. The molecule has 1 unspecified atom stereocenters. The number of nitrogens with zero attached hydrogens (tertiary/aromatic N) is 1. The van der Waals surface area contributed by atoms with E-state index in [9.17, 15) is 14.7 Å². The molecule has 0 radical (unpaired) electrons. The molecule has 116 valence electrons. The van der Waals surface area contributed by atoms with Crippen molar-refractivity contribution >= 4 is 11.8 Å². The van der Waals surface area contributed by atoms with Gasteiger partial charge < -0.3 is 14.6 Å². The topological polar surface area (TPSA) is 76.1 Å². The molecule has 2 aliphatic heterocycles. The maximum absolute atomic E-state index is 12.2. The molecule has 1 N–H and O–H groups in total. The van der Waals surface area contributed by atoms with E-state index < -0.39 is 12.1 Å². The van der Waals surface area contributed by atoms with Crippen molar-refractivity contribution in [3.8, 4) is 0 Å². The number of hydrogen-bond donors (Lipinski definition) is 1. The van der Waals surface area contributed by atoms with Gasteiger partial charge in [-0.25, -0.2) is 4.79 Å². The third kappa shape index (κ3) is 3.27. The van der Waals surface area contributed by atoms with Crippen LogP contribution in [0.2, 0.25) is 0 Å². The van der Waals surface area contributed by atoms with Gasteiger partial charge in [0.15, 0.2) is 6.10 Å². The second-order valence-electron chi connectivity index (χ2n) is 5.89. The summed E-state index contributed by atoms with van der Waals surface area (Å²) in [5.41, 5.74) is -0.103. The highest BCUT2D eigenvalue weighted by Gasteiger charge is 2.43. The molecule has 6 heteroatoms. The Morgan fingerprint density at radius 2 is 1.95 bits per heavy atom. The number of allylic oxidation sites excluding steroid dienone is 1. The van der Waals surface area contributed by atoms with Crippen LogP contribution < -0.4 is 0 Å². The van der Waals surface area contributed by atoms with Crippen molar-refractivity contribution in [1.29, 1.82) is 0 Å². The van der Waals surface area contributed by atoms with Gasteiger partial charge in [0.25, 0.3) is 0 Å². The number of cyclic esters (lactones) is 1. The van der Waals surface area contributed by atoms with Crippen LogP contribution in [-0.4, -0.2) is 60.7 Å². The average molecular weight is 295 g/mol. The maximum Gasteiger partial charge on any atom is 0.346 e. The zero-order valence-electron chi connectivity index (χ0n) is 12.0. The van der Waals surface area contributed by atoms with Crippen molar-refractivity contribution in [2.45, 2.75) is 31.8 Å². The first-order valence-corrected chi connectivity index (χ1v) is 7.65. The van der Waals surface area contributed by atoms with Crippen molar-refractivity contribution < 1.29 is 24.2 Å². The molecule has 6 nitrogen and oxygen atoms in total. The molecule has 1 saturated carbocycles. The quantitative estimate of drug-likeness (QED) is 0.350. The zero-order valence-corrected chi connectivity index (χ0v) is 12.0. The summed E-state index contributed by atoms with van der Waals surface area (Å²) in [4.78, 5) is 26.2. The Morgan fingerprint density at radius 1 is 1.24 bits per heavy atom. The molecule has 0 spiro atoms. The molecule has 3 rings (SSSR count). The minimum absolute atomic E-state index is 0.0106. The Balaban J connectivity index is 1.51. The van der Waals surface area contributed by atoms with Crippen LogP contribution in [0.15, 0.2) is 11.3 Å². The van der Waals surface area contributed by atoms with Gasteiger partial charge in [0.05, 0.1) is 13.2 Å². The molecule has 0 aromatic rings. The summed E-state index contributed by atoms with van der Waals surface area (Å²) in [6, 6.07) is 0. The molecule has 1 aliphatic carbocycles. The number of ether oxygens (including phenoxy) is 2. The van der Waals surface area contributed by atoms with E-state index in [2.05, 4.69) is 4.90 Å². The van der Waals surface area contributed by atoms with Crippen molar-refractivity contribution in [3.05, 3.63) is 11.3 Å². The van der Waals surface area contributed by atoms with E-state index in [4.69, 9.17) is 9.47 Å². The summed E-state index contributed by atoms with van der Waals surface area (Å²) < 4.78 is 10.4. The van der Waals surface area contributed by atoms with E-state index >= 15 is 0 Å². The molecule has 3 fully saturated rings. The molecule has 0 aromatic heterocycles. The van der Waals surface area contributed by atoms with Crippen LogP contribution in [0.1, 0.15) is 25.7 Å². The Labute approximate surface area is 123 Å². The number of carbonyl (C=O) groups is 2. The van der Waals surface area contributed by atoms with E-state index in [0.29, 0.717) is 6.42 Å². The molecule has 0 amide bonds. The number of aliphatic hydroxyl groups excluding tert-OH is 1. The number of ketones is 1. The zero-order chi connectivity index (χ0) is 14.8. The normalized spacial score (nSPS) is 29.6. The molecule has 2 heterocycles. The van der Waals surface area contributed by atoms with Crippen LogP contribution >= 0.6 is 0 Å². The number of rotatable bonds is 5. The summed E-state index contributed by atoms with van der Waals surface area (Å²) in [6.07, 6.45) is 2.29. The predicted octanol–water partition coefficient (Wildman–Crippen LogP) is 0.815. The van der Waals surface area contributed by atoms with Gasteiger partial charge in [-0.05, 0) is 32.2 Å². The SMILES string of the molecule is O=C1OC(CCCN2CCOCC2)C(=O)/C1=C(\O)C1CC1. The minimum atomic E-state index is -0.713. The standard InChI is InChI=1S/C15H21NO5/c17-13(10-3-4-10)12-14(18)11(21-15(12)19)2-1-5-16-6-8-20-9-7-16/h10-11,17H,1-9H2/b13-12+. The molecule has 1 atom stereocenters. The third-order valence-electron chi connectivity index (χ3n) is 4.26. The Bertz CT molecular complexity index is 463. The fraction of sp³-hybridized carbons (Fsp3) is 0.733. The van der Waals surface area contributed by atoms with Gasteiger partial charge in [-0.1, -0.05) is 0 Å². The van der Waals surface area contributed by atoms with Crippen LogP contribution in [0.25, 0.3) is 0 Å². The summed E-state index contributed by atoms with van der Waals surface area (Å²) in [5.74, 6) is -1.06. The molecule has 0 bridgehead atoms. The lowest BCUT2D eigenvalue weighted by molar-refractivity contribution is -0.141. The van der Waals surface area contributed by atoms with Crippen molar-refractivity contribution in [1.82, 2.24) is 4.90 Å². The summed E-state index contributed by atoms with van der Waals surface area (Å²) in [5, 5.41) is 9.91. The monoisotopic (exact) mass is 295 g/mol. The average Bonchev–Trinajstić information content (AvgIpc) is 3.28. The van der Waals surface area contributed by atoms with E-state index in [0.717, 1.165) is 52.1 Å². The van der Waals surface area contributed by atoms with Gasteiger partial charge in [0.2, 0.25) is 5.78 Å². The highest BCUT2D eigenvalue weighted by molar-refractivity contribution is 6.23. The molecular formula is C15H21NO5. The maximum atomic E-state index is 12.2. The molecule has 21 heavy (non-hydrogen) atoms. The fourth-order valence-corrected chi connectivity index (χ4v) is 2.81. The molecular weight excluding hydrogens is 274 g/mol. The number of Topliss-reactive ketones (excluding diaryl/α,β-unsaturated/α-hetero) is 1. The van der Waals surface area contributed by atoms with Gasteiger partial charge in [-0.2, -0.15) is 0 Å². The highest BCUT2D eigenvalue weighted by Crippen LogP contribution is 2.38. The lowest BCUT2D eigenvalue weighted by atomic mass is 10.0. The van der Waals surface area contributed by atoms with Crippen LogP contribution in [-0.2, 0) is 19.1 Å². The van der Waals surface area contributed by atoms with E-state index in [1.807, 2.05) is 0 Å². The largest absolute Gasteiger partial charge is 0.511 e. The molecule has 0 aromatic carbocycles. The molecule has 3 aliphatic rings. The smallest absolute Gasteiger partial charge is 0.346 e. The summed E-state index contributed by atoms with van der Waals surface area (Å²) in [6.45, 7) is 4.19. The summed E-state index contributed by atoms with van der Waals surface area (Å²) >= 11 is 0. The van der Waals surface area contributed by atoms with Gasteiger partial charge >= 0.3 is 5.97 Å². The Kier molecular flexibility index (Phi) is 4.26. The third-order valence-corrected chi connectivity index (χ3v) is 4.26. The van der Waals surface area contributed by atoms with Gasteiger partial charge in [-0.3, -0.25) is 9.69 Å². The number of carbonyl (C=O) groups excluding carboxylic acids is 2. The van der Waals surface area contributed by atoms with Crippen LogP contribution in [0.5, 0.6) is 0 Å². The Hall–Kier alpha value is -1.40. The molecule has 2 saturated heterocycles. The van der Waals surface area contributed by atoms with Crippen molar-refractivity contribution in [3.63, 3.8) is 0 Å². The first kappa shape index (κ1) is 14.5. The number of morpholine rings is 1. The van der Waals surface area contributed by atoms with E-state index in [1.165, 1.54) is 0 Å². The lowest BCUT2D eigenvalue weighted by Crippen LogP contribution is -2.37. The van der Waals surface area contributed by atoms with Crippen LogP contribution in [0.3, 0.4) is 0 Å². The minimum Gasteiger partial charge on any atom is -0.511 e. The van der Waals surface area contributed by atoms with Gasteiger partial charge in [-0.15, -0.1) is 0 Å². The second-order valence-corrected chi connectivity index (χ2v) is 5.89. The number of aliphatic hydroxyl groups is 1. The highest BCUT2D eigenvalue weighted by atomic mass is 16.6. The van der Waals surface area contributed by atoms with Gasteiger partial charge in [0.1, 0.15) is 11.3 Å². The number of esters is 1. The summed E-state index contributed by atoms with van der Waals surface area (Å²) in [7, 11) is 0. The van der Waals surface area contributed by atoms with Crippen molar-refractivity contribution in [2.24, 2.45) is 5.92 Å². The van der Waals surface area contributed by atoms with Crippen LogP contribution in [0.4, 0.5) is 0 Å². The van der Waals surface area contributed by atoms with E-state index in [1.54, 1.807) is 0 Å². The first-order chi connectivity index (χ1) is 10.2. The van der Waals surface area contributed by atoms with Crippen LogP contribution in [0, 0.1) is 5.92 Å². The predicted molar refractivity (Wildman–Crippen MR) is 73.8 cm³/mol. The second kappa shape index (κ2) is 6.15. The lowest BCUT2D eigenvalue weighted by Gasteiger charge is -2.26. The fourth-order valence-electron chi connectivity index (χ4n) is 2.81. The number of hydrogen-bond acceptors (Lipinski definition) is 6. The van der Waals surface area contributed by atoms with Gasteiger partial charge in [0, 0.05) is 19.0 Å². The van der Waals surface area contributed by atoms with E-state index in [-0.39, 0.29) is 23.0 Å². The Morgan fingerprint density at radius 3 is 2.62 bits per heavy atom.